The van der Waals surface area contributed by atoms with E-state index >= 15 is 0 Å². The molecule has 1 saturated heterocycles. The van der Waals surface area contributed by atoms with E-state index in [-0.39, 0.29) is 44.9 Å². The third-order valence-electron chi connectivity index (χ3n) is 4.57. The van der Waals surface area contributed by atoms with E-state index in [2.05, 4.69) is 5.32 Å². The van der Waals surface area contributed by atoms with E-state index in [9.17, 15) is 14.4 Å². The summed E-state index contributed by atoms with van der Waals surface area (Å²) in [6.45, 7) is 0.751. The maximum Gasteiger partial charge on any atom is 0.410 e. The highest BCUT2D eigenvalue weighted by Crippen LogP contribution is 2.11. The molecule has 1 aliphatic heterocycles. The summed E-state index contributed by atoms with van der Waals surface area (Å²) in [5.74, 6) is -0.0169. The molecule has 2 aromatic rings. The van der Waals surface area contributed by atoms with Gasteiger partial charge in [0, 0.05) is 25.9 Å². The molecule has 3 rings (SSSR count). The van der Waals surface area contributed by atoms with Crippen molar-refractivity contribution in [3.8, 4) is 0 Å². The number of alkyl carbamates (subject to hydrolysis) is 1. The second-order valence-electron chi connectivity index (χ2n) is 6.88. The smallest absolute Gasteiger partial charge is 0.410 e. The second-order valence-corrected chi connectivity index (χ2v) is 6.88. The maximum atomic E-state index is 12.4. The molecule has 0 aliphatic carbocycles. The molecule has 0 spiro atoms. The molecule has 1 N–H and O–H groups in total. The summed E-state index contributed by atoms with van der Waals surface area (Å²) in [5, 5.41) is 2.69. The highest BCUT2D eigenvalue weighted by Gasteiger charge is 2.28. The summed E-state index contributed by atoms with van der Waals surface area (Å²) in [6.07, 6.45) is -0.736. The second kappa shape index (κ2) is 10.3. The largest absolute Gasteiger partial charge is 0.445 e. The van der Waals surface area contributed by atoms with Gasteiger partial charge in [0.1, 0.15) is 19.0 Å². The third-order valence-corrected chi connectivity index (χ3v) is 4.57. The highest BCUT2D eigenvalue weighted by atomic mass is 16.6. The van der Waals surface area contributed by atoms with Crippen LogP contribution in [-0.4, -0.2) is 42.0 Å². The fraction of sp³-hybridized carbons (Fsp3) is 0.318. The van der Waals surface area contributed by atoms with Crippen LogP contribution in [0.1, 0.15) is 24.0 Å². The first-order valence-electron chi connectivity index (χ1n) is 9.54. The van der Waals surface area contributed by atoms with Gasteiger partial charge in [0.15, 0.2) is 0 Å². The molecule has 152 valence electrons. The number of rotatable bonds is 5. The standard InChI is InChI=1S/C22H24N2O5/c25-20-11-12-24(22(27)29-16-18-9-5-2-6-10-18)14-19(13-20)23-21(26)28-15-17-7-3-1-4-8-17/h1-10,19H,11-16H2,(H,23,26)/t19-/m0/s1. The SMILES string of the molecule is O=C1CCN(C(=O)OCc2ccccc2)C[C@@H](NC(=O)OCc2ccccc2)C1. The lowest BCUT2D eigenvalue weighted by atomic mass is 10.1. The monoisotopic (exact) mass is 396 g/mol. The van der Waals surface area contributed by atoms with E-state index in [1.807, 2.05) is 60.7 Å². The van der Waals surface area contributed by atoms with Gasteiger partial charge in [0.2, 0.25) is 0 Å². The molecular formula is C22H24N2O5. The molecule has 0 radical (unpaired) electrons. The average Bonchev–Trinajstić information content (AvgIpc) is 2.93. The first-order valence-corrected chi connectivity index (χ1v) is 9.54. The number of likely N-dealkylation sites (tertiary alicyclic amines) is 1. The summed E-state index contributed by atoms with van der Waals surface area (Å²) in [6, 6.07) is 18.2. The zero-order valence-corrected chi connectivity index (χ0v) is 16.1. The maximum absolute atomic E-state index is 12.4. The van der Waals surface area contributed by atoms with Crippen LogP contribution in [0.5, 0.6) is 0 Å². The number of benzene rings is 2. The van der Waals surface area contributed by atoms with Gasteiger partial charge in [-0.2, -0.15) is 0 Å². The van der Waals surface area contributed by atoms with Crippen LogP contribution in [0.4, 0.5) is 9.59 Å². The Kier molecular flexibility index (Phi) is 7.22. The summed E-state index contributed by atoms with van der Waals surface area (Å²) in [5.41, 5.74) is 1.75. The van der Waals surface area contributed by atoms with Crippen molar-refractivity contribution in [2.24, 2.45) is 0 Å². The van der Waals surface area contributed by atoms with Gasteiger partial charge in [-0.05, 0) is 11.1 Å². The predicted octanol–water partition coefficient (Wildman–Crippen LogP) is 3.28. The van der Waals surface area contributed by atoms with E-state index in [0.29, 0.717) is 0 Å². The number of nitrogens with one attached hydrogen (secondary N) is 1. The van der Waals surface area contributed by atoms with Gasteiger partial charge in [0.05, 0.1) is 6.04 Å². The minimum absolute atomic E-state index is 0.0169. The molecule has 1 fully saturated rings. The van der Waals surface area contributed by atoms with Crippen LogP contribution in [0.25, 0.3) is 0 Å². The van der Waals surface area contributed by atoms with Crippen LogP contribution < -0.4 is 5.32 Å². The van der Waals surface area contributed by atoms with Crippen LogP contribution in [-0.2, 0) is 27.5 Å². The summed E-state index contributed by atoms with van der Waals surface area (Å²) < 4.78 is 10.6. The number of Topliss-reactive ketones (excluding diaryl/α,β-unsaturated/α-hetero) is 1. The molecule has 1 heterocycles. The molecular weight excluding hydrogens is 372 g/mol. The molecule has 0 bridgehead atoms. The number of hydrogen-bond acceptors (Lipinski definition) is 5. The number of hydrogen-bond donors (Lipinski definition) is 1. The molecule has 0 aromatic heterocycles. The molecule has 7 nitrogen and oxygen atoms in total. The fourth-order valence-electron chi connectivity index (χ4n) is 3.06. The molecule has 7 heteroatoms. The minimum Gasteiger partial charge on any atom is -0.445 e. The number of carbonyl (C=O) groups is 3. The van der Waals surface area contributed by atoms with Crippen molar-refractivity contribution in [3.05, 3.63) is 71.8 Å². The first kappa shape index (κ1) is 20.4. The zero-order valence-electron chi connectivity index (χ0n) is 16.1. The van der Waals surface area contributed by atoms with Crippen molar-refractivity contribution >= 4 is 18.0 Å². The summed E-state index contributed by atoms with van der Waals surface area (Å²) in [4.78, 5) is 38.0. The fourth-order valence-corrected chi connectivity index (χ4v) is 3.06. The number of amides is 2. The average molecular weight is 396 g/mol. The Morgan fingerprint density at radius 1 is 0.931 bits per heavy atom. The highest BCUT2D eigenvalue weighted by molar-refractivity contribution is 5.81. The van der Waals surface area contributed by atoms with Crippen molar-refractivity contribution in [1.82, 2.24) is 10.2 Å². The van der Waals surface area contributed by atoms with Gasteiger partial charge in [-0.15, -0.1) is 0 Å². The van der Waals surface area contributed by atoms with Gasteiger partial charge in [0.25, 0.3) is 0 Å². The minimum atomic E-state index is -0.619. The van der Waals surface area contributed by atoms with Crippen molar-refractivity contribution in [3.63, 3.8) is 0 Å². The van der Waals surface area contributed by atoms with E-state index in [0.717, 1.165) is 11.1 Å². The lowest BCUT2D eigenvalue weighted by molar-refractivity contribution is -0.119. The molecule has 2 amide bonds. The van der Waals surface area contributed by atoms with E-state index in [1.165, 1.54) is 4.90 Å². The van der Waals surface area contributed by atoms with Crippen LogP contribution in [0.3, 0.4) is 0 Å². The Morgan fingerprint density at radius 3 is 2.14 bits per heavy atom. The van der Waals surface area contributed by atoms with Crippen LogP contribution in [0.15, 0.2) is 60.7 Å². The molecule has 1 aliphatic rings. The summed E-state index contributed by atoms with van der Waals surface area (Å²) in [7, 11) is 0. The normalized spacial score (nSPS) is 16.6. The van der Waals surface area contributed by atoms with Gasteiger partial charge in [-0.1, -0.05) is 60.7 Å². The number of ketones is 1. The lowest BCUT2D eigenvalue weighted by Gasteiger charge is -2.24. The van der Waals surface area contributed by atoms with Crippen LogP contribution in [0.2, 0.25) is 0 Å². The van der Waals surface area contributed by atoms with Crippen molar-refractivity contribution in [2.75, 3.05) is 13.1 Å². The van der Waals surface area contributed by atoms with E-state index in [1.54, 1.807) is 0 Å². The van der Waals surface area contributed by atoms with E-state index in [4.69, 9.17) is 9.47 Å². The van der Waals surface area contributed by atoms with Gasteiger partial charge in [-0.25, -0.2) is 9.59 Å². The van der Waals surface area contributed by atoms with Crippen molar-refractivity contribution in [1.29, 1.82) is 0 Å². The Balaban J connectivity index is 1.50. The quantitative estimate of drug-likeness (QED) is 0.838. The Hall–Kier alpha value is -3.35. The van der Waals surface area contributed by atoms with Gasteiger partial charge >= 0.3 is 12.2 Å². The van der Waals surface area contributed by atoms with Gasteiger partial charge < -0.3 is 19.7 Å². The predicted molar refractivity (Wildman–Crippen MR) is 106 cm³/mol. The number of ether oxygens (including phenoxy) is 2. The lowest BCUT2D eigenvalue weighted by Crippen LogP contribution is -2.45. The van der Waals surface area contributed by atoms with E-state index < -0.39 is 18.2 Å². The van der Waals surface area contributed by atoms with Crippen LogP contribution >= 0.6 is 0 Å². The third kappa shape index (κ3) is 6.64. The molecule has 0 unspecified atom stereocenters. The molecule has 0 saturated carbocycles. The van der Waals surface area contributed by atoms with Crippen molar-refractivity contribution in [2.45, 2.75) is 32.1 Å². The zero-order chi connectivity index (χ0) is 20.5. The number of carbonyl (C=O) groups excluding carboxylic acids is 3. The summed E-state index contributed by atoms with van der Waals surface area (Å²) >= 11 is 0. The Bertz CT molecular complexity index is 826. The molecule has 2 aromatic carbocycles. The Morgan fingerprint density at radius 2 is 1.52 bits per heavy atom. The van der Waals surface area contributed by atoms with Crippen molar-refractivity contribution < 1.29 is 23.9 Å². The topological polar surface area (TPSA) is 84.9 Å². The molecule has 1 atom stereocenters. The van der Waals surface area contributed by atoms with Gasteiger partial charge in [-0.3, -0.25) is 4.79 Å². The molecule has 29 heavy (non-hydrogen) atoms. The number of nitrogens with zero attached hydrogens (tertiary/aromatic N) is 1. The first-order chi connectivity index (χ1) is 14.1. The van der Waals surface area contributed by atoms with Crippen LogP contribution in [0, 0.1) is 0 Å². The Labute approximate surface area is 169 Å².